The molecule has 0 bridgehead atoms. The average molecular weight is 293 g/mol. The number of carboxylic acid groups (broad SMARTS) is 1. The number of carboxylic acids is 1. The van der Waals surface area contributed by atoms with Crippen molar-refractivity contribution < 1.29 is 14.7 Å². The Labute approximate surface area is 122 Å². The van der Waals surface area contributed by atoms with Gasteiger partial charge in [0.15, 0.2) is 0 Å². The Balaban J connectivity index is 1.97. The van der Waals surface area contributed by atoms with Gasteiger partial charge in [0.1, 0.15) is 0 Å². The summed E-state index contributed by atoms with van der Waals surface area (Å²) in [4.78, 5) is 26.9. The summed E-state index contributed by atoms with van der Waals surface area (Å²) in [7, 11) is 0. The zero-order chi connectivity index (χ0) is 14.1. The number of thiophene rings is 1. The number of likely N-dealkylation sites (tertiary alicyclic amines) is 1. The van der Waals surface area contributed by atoms with Crippen LogP contribution < -0.4 is 0 Å². The molecule has 1 aliphatic heterocycles. The van der Waals surface area contributed by atoms with Gasteiger partial charge in [-0.05, 0) is 30.7 Å². The van der Waals surface area contributed by atoms with E-state index in [1.165, 1.54) is 0 Å². The molecule has 0 spiro atoms. The molecule has 4 nitrogen and oxygen atoms in total. The molecule has 5 heteroatoms. The van der Waals surface area contributed by atoms with Gasteiger partial charge in [-0.2, -0.15) is 0 Å². The fraction of sp³-hybridized carbons (Fsp3) is 0.600. The van der Waals surface area contributed by atoms with Gasteiger partial charge in [0.05, 0.1) is 12.0 Å². The maximum atomic E-state index is 12.4. The predicted molar refractivity (Wildman–Crippen MR) is 76.5 cm³/mol. The second-order valence-electron chi connectivity index (χ2n) is 5.68. The van der Waals surface area contributed by atoms with Crippen LogP contribution in [-0.4, -0.2) is 27.9 Å². The van der Waals surface area contributed by atoms with Crippen molar-refractivity contribution in [1.29, 1.82) is 0 Å². The first kappa shape index (κ1) is 13.6. The van der Waals surface area contributed by atoms with E-state index in [4.69, 9.17) is 0 Å². The SMILES string of the molecule is O=C(O)C1CCC(=O)N(C2CCCC2)C1c1cccs1. The Hall–Kier alpha value is -1.36. The van der Waals surface area contributed by atoms with E-state index in [9.17, 15) is 14.7 Å². The molecule has 1 saturated carbocycles. The van der Waals surface area contributed by atoms with E-state index in [0.29, 0.717) is 12.8 Å². The number of piperidine rings is 1. The van der Waals surface area contributed by atoms with Gasteiger partial charge in [-0.15, -0.1) is 11.3 Å². The van der Waals surface area contributed by atoms with Gasteiger partial charge in [-0.1, -0.05) is 18.9 Å². The van der Waals surface area contributed by atoms with Crippen LogP contribution in [-0.2, 0) is 9.59 Å². The lowest BCUT2D eigenvalue weighted by molar-refractivity contribution is -0.154. The van der Waals surface area contributed by atoms with Crippen molar-refractivity contribution in [3.63, 3.8) is 0 Å². The average Bonchev–Trinajstić information content (AvgIpc) is 3.11. The molecule has 0 radical (unpaired) electrons. The summed E-state index contributed by atoms with van der Waals surface area (Å²) in [6, 6.07) is 3.87. The normalized spacial score (nSPS) is 28.0. The molecule has 2 unspecified atom stereocenters. The van der Waals surface area contributed by atoms with Crippen LogP contribution in [0, 0.1) is 5.92 Å². The van der Waals surface area contributed by atoms with Crippen LogP contribution >= 0.6 is 11.3 Å². The van der Waals surface area contributed by atoms with E-state index < -0.39 is 11.9 Å². The van der Waals surface area contributed by atoms with Gasteiger partial charge in [0, 0.05) is 17.3 Å². The van der Waals surface area contributed by atoms with Crippen LogP contribution in [0.2, 0.25) is 0 Å². The summed E-state index contributed by atoms with van der Waals surface area (Å²) >= 11 is 1.56. The molecule has 1 aromatic heterocycles. The monoisotopic (exact) mass is 293 g/mol. The number of amides is 1. The van der Waals surface area contributed by atoms with Crippen LogP contribution in [0.25, 0.3) is 0 Å². The molecule has 2 heterocycles. The topological polar surface area (TPSA) is 57.6 Å². The number of nitrogens with zero attached hydrogens (tertiary/aromatic N) is 1. The lowest BCUT2D eigenvalue weighted by Crippen LogP contribution is -2.49. The van der Waals surface area contributed by atoms with E-state index in [1.807, 2.05) is 22.4 Å². The van der Waals surface area contributed by atoms with Gasteiger partial charge < -0.3 is 10.0 Å². The van der Waals surface area contributed by atoms with Crippen LogP contribution in [0.3, 0.4) is 0 Å². The van der Waals surface area contributed by atoms with Crippen LogP contribution in [0.4, 0.5) is 0 Å². The fourth-order valence-electron chi connectivity index (χ4n) is 3.58. The largest absolute Gasteiger partial charge is 0.481 e. The summed E-state index contributed by atoms with van der Waals surface area (Å²) in [5.74, 6) is -1.11. The molecule has 1 amide bonds. The first-order valence-corrected chi connectivity index (χ1v) is 8.14. The number of carbonyl (C=O) groups excluding carboxylic acids is 1. The molecule has 108 valence electrons. The molecule has 3 rings (SSSR count). The van der Waals surface area contributed by atoms with Gasteiger partial charge in [0.2, 0.25) is 5.91 Å². The highest BCUT2D eigenvalue weighted by atomic mass is 32.1. The Morgan fingerprint density at radius 3 is 2.65 bits per heavy atom. The van der Waals surface area contributed by atoms with Gasteiger partial charge in [-0.3, -0.25) is 9.59 Å². The molecular formula is C15H19NO3S. The molecule has 1 aliphatic carbocycles. The molecule has 1 N–H and O–H groups in total. The Morgan fingerprint density at radius 1 is 1.30 bits per heavy atom. The van der Waals surface area contributed by atoms with E-state index in [1.54, 1.807) is 11.3 Å². The van der Waals surface area contributed by atoms with Gasteiger partial charge in [0.25, 0.3) is 0 Å². The zero-order valence-electron chi connectivity index (χ0n) is 11.3. The second kappa shape index (κ2) is 5.56. The highest BCUT2D eigenvalue weighted by molar-refractivity contribution is 7.10. The van der Waals surface area contributed by atoms with Crippen molar-refractivity contribution in [2.75, 3.05) is 0 Å². The zero-order valence-corrected chi connectivity index (χ0v) is 12.1. The number of carbonyl (C=O) groups is 2. The number of hydrogen-bond acceptors (Lipinski definition) is 3. The minimum Gasteiger partial charge on any atom is -0.481 e. The number of aliphatic carboxylic acids is 1. The van der Waals surface area contributed by atoms with Crippen LogP contribution in [0.5, 0.6) is 0 Å². The van der Waals surface area contributed by atoms with Crippen molar-refractivity contribution in [1.82, 2.24) is 4.90 Å². The highest BCUT2D eigenvalue weighted by Gasteiger charge is 2.44. The Morgan fingerprint density at radius 2 is 2.05 bits per heavy atom. The third kappa shape index (κ3) is 2.35. The Kier molecular flexibility index (Phi) is 3.78. The van der Waals surface area contributed by atoms with E-state index in [-0.39, 0.29) is 18.0 Å². The molecule has 2 atom stereocenters. The minimum atomic E-state index is -0.779. The summed E-state index contributed by atoms with van der Waals surface area (Å²) in [6.07, 6.45) is 5.14. The molecule has 2 fully saturated rings. The van der Waals surface area contributed by atoms with Crippen molar-refractivity contribution >= 4 is 23.2 Å². The van der Waals surface area contributed by atoms with E-state index in [2.05, 4.69) is 0 Å². The number of hydrogen-bond donors (Lipinski definition) is 1. The fourth-order valence-corrected chi connectivity index (χ4v) is 4.47. The third-order valence-electron chi connectivity index (χ3n) is 4.51. The lowest BCUT2D eigenvalue weighted by atomic mass is 9.86. The smallest absolute Gasteiger partial charge is 0.308 e. The number of rotatable bonds is 3. The molecule has 20 heavy (non-hydrogen) atoms. The highest BCUT2D eigenvalue weighted by Crippen LogP contribution is 2.42. The summed E-state index contributed by atoms with van der Waals surface area (Å²) in [5, 5.41) is 11.5. The standard InChI is InChI=1S/C15H19NO3S/c17-13-8-7-11(15(18)19)14(12-6-3-9-20-12)16(13)10-4-1-2-5-10/h3,6,9-11,14H,1-2,4-5,7-8H2,(H,18,19). The maximum Gasteiger partial charge on any atom is 0.308 e. The van der Waals surface area contributed by atoms with Crippen LogP contribution in [0.15, 0.2) is 17.5 Å². The molecular weight excluding hydrogens is 274 g/mol. The van der Waals surface area contributed by atoms with Crippen molar-refractivity contribution in [3.05, 3.63) is 22.4 Å². The first-order valence-electron chi connectivity index (χ1n) is 7.26. The van der Waals surface area contributed by atoms with Crippen LogP contribution in [0.1, 0.15) is 49.4 Å². The maximum absolute atomic E-state index is 12.4. The van der Waals surface area contributed by atoms with Gasteiger partial charge >= 0.3 is 5.97 Å². The molecule has 2 aliphatic rings. The lowest BCUT2D eigenvalue weighted by Gasteiger charge is -2.42. The minimum absolute atomic E-state index is 0.132. The van der Waals surface area contributed by atoms with Gasteiger partial charge in [-0.25, -0.2) is 0 Å². The van der Waals surface area contributed by atoms with Crippen molar-refractivity contribution in [2.24, 2.45) is 5.92 Å². The van der Waals surface area contributed by atoms with E-state index in [0.717, 1.165) is 30.6 Å². The predicted octanol–water partition coefficient (Wildman–Crippen LogP) is 3.06. The summed E-state index contributed by atoms with van der Waals surface area (Å²) in [6.45, 7) is 0. The first-order chi connectivity index (χ1) is 9.68. The second-order valence-corrected chi connectivity index (χ2v) is 6.66. The quantitative estimate of drug-likeness (QED) is 0.932. The Bertz CT molecular complexity index is 493. The third-order valence-corrected chi connectivity index (χ3v) is 5.45. The summed E-state index contributed by atoms with van der Waals surface area (Å²) in [5.41, 5.74) is 0. The van der Waals surface area contributed by atoms with Crippen molar-refractivity contribution in [3.8, 4) is 0 Å². The van der Waals surface area contributed by atoms with E-state index >= 15 is 0 Å². The molecule has 0 aromatic carbocycles. The molecule has 1 aromatic rings. The van der Waals surface area contributed by atoms with Crippen molar-refractivity contribution in [2.45, 2.75) is 50.6 Å². The summed E-state index contributed by atoms with van der Waals surface area (Å²) < 4.78 is 0. The molecule has 1 saturated heterocycles.